The molecule has 1 aromatic heterocycles. The second-order valence-electron chi connectivity index (χ2n) is 2.67. The fraction of sp³-hybridized carbons (Fsp3) is 0.111. The van der Waals surface area contributed by atoms with Gasteiger partial charge in [0.25, 0.3) is 0 Å². The Hall–Kier alpha value is -0.000000000000000111. The molecule has 4 heteroatoms. The SMILES string of the molecule is Oc1cc(CCl)c2sccc2c1I. The van der Waals surface area contributed by atoms with E-state index in [1.165, 1.54) is 4.70 Å². The van der Waals surface area contributed by atoms with Crippen molar-refractivity contribution < 1.29 is 5.11 Å². The van der Waals surface area contributed by atoms with Crippen molar-refractivity contribution in [1.29, 1.82) is 0 Å². The Bertz CT molecular complexity index is 452. The molecule has 2 rings (SSSR count). The van der Waals surface area contributed by atoms with Crippen LogP contribution in [0.4, 0.5) is 0 Å². The van der Waals surface area contributed by atoms with Crippen LogP contribution in [0.3, 0.4) is 0 Å². The maximum absolute atomic E-state index is 9.59. The number of aromatic hydroxyl groups is 1. The quantitative estimate of drug-likeness (QED) is 0.622. The van der Waals surface area contributed by atoms with Gasteiger partial charge in [-0.15, -0.1) is 22.9 Å². The van der Waals surface area contributed by atoms with E-state index < -0.39 is 0 Å². The van der Waals surface area contributed by atoms with Crippen LogP contribution < -0.4 is 0 Å². The second kappa shape index (κ2) is 3.63. The van der Waals surface area contributed by atoms with Crippen LogP contribution in [0.15, 0.2) is 17.5 Å². The van der Waals surface area contributed by atoms with Gasteiger partial charge in [0.05, 0.1) is 3.57 Å². The molecule has 0 bridgehead atoms. The number of hydrogen-bond donors (Lipinski definition) is 1. The van der Waals surface area contributed by atoms with E-state index >= 15 is 0 Å². The van der Waals surface area contributed by atoms with Crippen LogP contribution in [0.1, 0.15) is 5.56 Å². The Balaban J connectivity index is 2.87. The van der Waals surface area contributed by atoms with E-state index in [0.29, 0.717) is 11.6 Å². The Morgan fingerprint density at radius 2 is 2.31 bits per heavy atom. The van der Waals surface area contributed by atoms with Crippen molar-refractivity contribution in [2.45, 2.75) is 5.88 Å². The summed E-state index contributed by atoms with van der Waals surface area (Å²) in [5.41, 5.74) is 1.00. The molecule has 0 spiro atoms. The van der Waals surface area contributed by atoms with Crippen LogP contribution in [-0.4, -0.2) is 5.11 Å². The lowest BCUT2D eigenvalue weighted by molar-refractivity contribution is 0.472. The van der Waals surface area contributed by atoms with Crippen molar-refractivity contribution in [2.24, 2.45) is 0 Å². The van der Waals surface area contributed by atoms with Crippen molar-refractivity contribution >= 4 is 55.6 Å². The number of fused-ring (bicyclic) bond motifs is 1. The summed E-state index contributed by atoms with van der Waals surface area (Å²) in [5.74, 6) is 0.767. The van der Waals surface area contributed by atoms with Crippen LogP contribution in [-0.2, 0) is 5.88 Å². The molecular formula is C9H6ClIOS. The number of thiophene rings is 1. The number of rotatable bonds is 1. The van der Waals surface area contributed by atoms with E-state index in [1.807, 2.05) is 11.4 Å². The van der Waals surface area contributed by atoms with Crippen LogP contribution >= 0.6 is 45.5 Å². The zero-order valence-electron chi connectivity index (χ0n) is 6.55. The summed E-state index contributed by atoms with van der Waals surface area (Å²) < 4.78 is 2.08. The van der Waals surface area contributed by atoms with Gasteiger partial charge in [-0.2, -0.15) is 0 Å². The molecule has 0 atom stereocenters. The Morgan fingerprint density at radius 3 is 3.00 bits per heavy atom. The first kappa shape index (κ1) is 9.55. The molecule has 2 aromatic rings. The van der Waals surface area contributed by atoms with Gasteiger partial charge in [0.2, 0.25) is 0 Å². The lowest BCUT2D eigenvalue weighted by atomic mass is 10.2. The zero-order chi connectivity index (χ0) is 9.42. The topological polar surface area (TPSA) is 20.2 Å². The number of halogens is 2. The first-order valence-electron chi connectivity index (χ1n) is 3.67. The third-order valence-corrected chi connectivity index (χ3v) is 4.28. The maximum atomic E-state index is 9.59. The standard InChI is InChI=1S/C9H6ClIOS/c10-4-5-3-7(12)8(11)6-1-2-13-9(5)6/h1-3,12H,4H2. The van der Waals surface area contributed by atoms with Gasteiger partial charge in [0.15, 0.2) is 0 Å². The van der Waals surface area contributed by atoms with Gasteiger partial charge >= 0.3 is 0 Å². The maximum Gasteiger partial charge on any atom is 0.129 e. The minimum absolute atomic E-state index is 0.321. The summed E-state index contributed by atoms with van der Waals surface area (Å²) in [5, 5.41) is 12.7. The average molecular weight is 325 g/mol. The molecule has 1 heterocycles. The van der Waals surface area contributed by atoms with Gasteiger partial charge < -0.3 is 5.11 Å². The Labute approximate surface area is 98.5 Å². The van der Waals surface area contributed by atoms with E-state index in [1.54, 1.807) is 17.4 Å². The summed E-state index contributed by atoms with van der Waals surface area (Å²) >= 11 is 9.59. The molecule has 0 saturated heterocycles. The summed E-state index contributed by atoms with van der Waals surface area (Å²) in [6, 6.07) is 3.76. The molecule has 13 heavy (non-hydrogen) atoms. The molecule has 0 amide bonds. The minimum atomic E-state index is 0.321. The van der Waals surface area contributed by atoms with Gasteiger partial charge in [-0.3, -0.25) is 0 Å². The third kappa shape index (κ3) is 1.53. The molecule has 0 aliphatic heterocycles. The third-order valence-electron chi connectivity index (χ3n) is 1.87. The molecule has 0 unspecified atom stereocenters. The average Bonchev–Trinajstić information content (AvgIpc) is 2.60. The first-order chi connectivity index (χ1) is 6.24. The van der Waals surface area contributed by atoms with Crippen molar-refractivity contribution in [3.8, 4) is 5.75 Å². The molecule has 1 aromatic carbocycles. The molecule has 1 nitrogen and oxygen atoms in total. The van der Waals surface area contributed by atoms with E-state index in [2.05, 4.69) is 22.6 Å². The lowest BCUT2D eigenvalue weighted by Crippen LogP contribution is -1.82. The second-order valence-corrected chi connectivity index (χ2v) is 4.93. The number of phenolic OH excluding ortho intramolecular Hbond substituents is 1. The van der Waals surface area contributed by atoms with Crippen LogP contribution in [0.5, 0.6) is 5.75 Å². The van der Waals surface area contributed by atoms with Gasteiger partial charge in [-0.1, -0.05) is 0 Å². The van der Waals surface area contributed by atoms with Crippen molar-refractivity contribution in [3.05, 3.63) is 26.6 Å². The zero-order valence-corrected chi connectivity index (χ0v) is 10.3. The highest BCUT2D eigenvalue weighted by molar-refractivity contribution is 14.1. The van der Waals surface area contributed by atoms with Crippen molar-refractivity contribution in [2.75, 3.05) is 0 Å². The molecule has 0 aliphatic rings. The molecule has 0 radical (unpaired) electrons. The summed E-state index contributed by atoms with van der Waals surface area (Å²) in [6.45, 7) is 0. The highest BCUT2D eigenvalue weighted by Crippen LogP contribution is 2.35. The highest BCUT2D eigenvalue weighted by Gasteiger charge is 2.09. The Kier molecular flexibility index (Phi) is 2.67. The molecule has 0 aliphatic carbocycles. The van der Waals surface area contributed by atoms with E-state index in [-0.39, 0.29) is 0 Å². The minimum Gasteiger partial charge on any atom is -0.507 e. The molecule has 0 saturated carbocycles. The number of alkyl halides is 1. The molecular weight excluding hydrogens is 319 g/mol. The number of benzene rings is 1. The highest BCUT2D eigenvalue weighted by atomic mass is 127. The first-order valence-corrected chi connectivity index (χ1v) is 6.17. The van der Waals surface area contributed by atoms with E-state index in [4.69, 9.17) is 11.6 Å². The van der Waals surface area contributed by atoms with Crippen LogP contribution in [0, 0.1) is 3.57 Å². The van der Waals surface area contributed by atoms with E-state index in [0.717, 1.165) is 14.5 Å². The normalized spacial score (nSPS) is 10.9. The fourth-order valence-electron chi connectivity index (χ4n) is 1.26. The Morgan fingerprint density at radius 1 is 1.54 bits per heavy atom. The van der Waals surface area contributed by atoms with Gasteiger partial charge in [-0.05, 0) is 45.7 Å². The number of phenols is 1. The van der Waals surface area contributed by atoms with Gasteiger partial charge in [0.1, 0.15) is 5.75 Å². The molecule has 0 fully saturated rings. The number of hydrogen-bond acceptors (Lipinski definition) is 2. The molecule has 1 N–H and O–H groups in total. The van der Waals surface area contributed by atoms with Crippen LogP contribution in [0.2, 0.25) is 0 Å². The predicted molar refractivity (Wildman–Crippen MR) is 65.8 cm³/mol. The molecule has 68 valence electrons. The smallest absolute Gasteiger partial charge is 0.129 e. The van der Waals surface area contributed by atoms with E-state index in [9.17, 15) is 5.11 Å². The monoisotopic (exact) mass is 324 g/mol. The van der Waals surface area contributed by atoms with Gasteiger partial charge in [-0.25, -0.2) is 0 Å². The predicted octanol–water partition coefficient (Wildman–Crippen LogP) is 3.95. The largest absolute Gasteiger partial charge is 0.507 e. The lowest BCUT2D eigenvalue weighted by Gasteiger charge is -2.03. The van der Waals surface area contributed by atoms with Crippen molar-refractivity contribution in [1.82, 2.24) is 0 Å². The fourth-order valence-corrected chi connectivity index (χ4v) is 3.26. The summed E-state index contributed by atoms with van der Waals surface area (Å²) in [4.78, 5) is 0. The van der Waals surface area contributed by atoms with Crippen molar-refractivity contribution in [3.63, 3.8) is 0 Å². The summed E-state index contributed by atoms with van der Waals surface area (Å²) in [7, 11) is 0. The van der Waals surface area contributed by atoms with Gasteiger partial charge in [0, 0.05) is 16.0 Å². The summed E-state index contributed by atoms with van der Waals surface area (Å²) in [6.07, 6.45) is 0. The van der Waals surface area contributed by atoms with Crippen LogP contribution in [0.25, 0.3) is 10.1 Å².